The molecule has 15 heavy (non-hydrogen) atoms. The maximum atomic E-state index is 10.5. The number of hydroxylamine groups is 1. The summed E-state index contributed by atoms with van der Waals surface area (Å²) in [7, 11) is 2.14. The molecular formula is C10H21N3O2. The Balaban J connectivity index is 2.16. The van der Waals surface area contributed by atoms with Crippen molar-refractivity contribution in [3.05, 3.63) is 0 Å². The van der Waals surface area contributed by atoms with E-state index in [0.717, 1.165) is 13.1 Å². The zero-order valence-electron chi connectivity index (χ0n) is 9.53. The molecule has 1 fully saturated rings. The first-order valence-electron chi connectivity index (χ1n) is 5.43. The van der Waals surface area contributed by atoms with Crippen molar-refractivity contribution >= 4 is 5.91 Å². The fourth-order valence-corrected chi connectivity index (χ4v) is 1.87. The second-order valence-corrected chi connectivity index (χ2v) is 4.30. The second-order valence-electron chi connectivity index (χ2n) is 4.30. The van der Waals surface area contributed by atoms with Crippen LogP contribution in [0.15, 0.2) is 0 Å². The highest BCUT2D eigenvalue weighted by Crippen LogP contribution is 2.19. The second kappa shape index (κ2) is 6.05. The van der Waals surface area contributed by atoms with E-state index >= 15 is 0 Å². The van der Waals surface area contributed by atoms with Crippen molar-refractivity contribution in [2.45, 2.75) is 25.8 Å². The summed E-state index contributed by atoms with van der Waals surface area (Å²) in [5.74, 6) is 0.173. The fraction of sp³-hybridized carbons (Fsp3) is 0.900. The number of hydrogen-bond donors (Lipinski definition) is 2. The third kappa shape index (κ3) is 4.59. The van der Waals surface area contributed by atoms with Gasteiger partial charge in [-0.3, -0.25) is 9.63 Å². The van der Waals surface area contributed by atoms with E-state index in [-0.39, 0.29) is 12.6 Å². The minimum atomic E-state index is -0.446. The molecule has 0 aromatic carbocycles. The summed E-state index contributed by atoms with van der Waals surface area (Å²) in [5.41, 5.74) is 7.84. The Morgan fingerprint density at radius 1 is 1.60 bits per heavy atom. The van der Waals surface area contributed by atoms with Crippen molar-refractivity contribution in [2.24, 2.45) is 11.7 Å². The third-order valence-electron chi connectivity index (χ3n) is 2.95. The van der Waals surface area contributed by atoms with Crippen LogP contribution in [0.1, 0.15) is 19.8 Å². The number of carbonyl (C=O) groups excluding carboxylic acids is 1. The van der Waals surface area contributed by atoms with Gasteiger partial charge >= 0.3 is 0 Å². The van der Waals surface area contributed by atoms with Crippen LogP contribution in [0.4, 0.5) is 0 Å². The highest BCUT2D eigenvalue weighted by atomic mass is 16.6. The van der Waals surface area contributed by atoms with Crippen LogP contribution < -0.4 is 11.2 Å². The van der Waals surface area contributed by atoms with Gasteiger partial charge < -0.3 is 10.6 Å². The number of piperidine rings is 1. The maximum absolute atomic E-state index is 10.5. The fourth-order valence-electron chi connectivity index (χ4n) is 1.87. The van der Waals surface area contributed by atoms with Crippen LogP contribution in [0.3, 0.4) is 0 Å². The zero-order valence-corrected chi connectivity index (χ0v) is 9.53. The van der Waals surface area contributed by atoms with Crippen LogP contribution in [0.5, 0.6) is 0 Å². The average Bonchev–Trinajstić information content (AvgIpc) is 2.18. The quantitative estimate of drug-likeness (QED) is 0.619. The normalized spacial score (nSPS) is 21.5. The first-order chi connectivity index (χ1) is 7.09. The lowest BCUT2D eigenvalue weighted by Crippen LogP contribution is -2.41. The third-order valence-corrected chi connectivity index (χ3v) is 2.95. The molecule has 0 radical (unpaired) electrons. The summed E-state index contributed by atoms with van der Waals surface area (Å²) < 4.78 is 0. The number of carbonyl (C=O) groups is 1. The van der Waals surface area contributed by atoms with Gasteiger partial charge in [-0.1, -0.05) is 0 Å². The summed E-state index contributed by atoms with van der Waals surface area (Å²) in [6.45, 7) is 4.28. The number of amides is 1. The molecule has 0 spiro atoms. The Kier molecular flexibility index (Phi) is 5.01. The van der Waals surface area contributed by atoms with E-state index in [1.807, 2.05) is 0 Å². The van der Waals surface area contributed by atoms with Crippen LogP contribution in [-0.4, -0.2) is 43.6 Å². The number of nitrogens with two attached hydrogens (primary N) is 1. The van der Waals surface area contributed by atoms with Gasteiger partial charge in [-0.25, -0.2) is 0 Å². The van der Waals surface area contributed by atoms with Crippen molar-refractivity contribution in [2.75, 3.05) is 26.7 Å². The number of hydrogen-bond acceptors (Lipinski definition) is 4. The van der Waals surface area contributed by atoms with Crippen LogP contribution in [0.25, 0.3) is 0 Å². The summed E-state index contributed by atoms with van der Waals surface area (Å²) >= 11 is 0. The molecule has 1 unspecified atom stereocenters. The van der Waals surface area contributed by atoms with Gasteiger partial charge in [-0.05, 0) is 45.8 Å². The van der Waals surface area contributed by atoms with E-state index in [0.29, 0.717) is 5.92 Å². The summed E-state index contributed by atoms with van der Waals surface area (Å²) in [4.78, 5) is 17.8. The van der Waals surface area contributed by atoms with Crippen molar-refractivity contribution in [3.63, 3.8) is 0 Å². The maximum Gasteiger partial charge on any atom is 0.245 e. The Bertz CT molecular complexity index is 203. The number of likely N-dealkylation sites (tertiary alicyclic amines) is 1. The lowest BCUT2D eigenvalue weighted by atomic mass is 9.91. The summed E-state index contributed by atoms with van der Waals surface area (Å²) in [5, 5.41) is 0. The molecule has 1 amide bonds. The van der Waals surface area contributed by atoms with Gasteiger partial charge in [-0.2, -0.15) is 5.48 Å². The SMILES string of the molecule is CC(NOCC(N)=O)C1CCN(C)CC1. The molecule has 1 aliphatic heterocycles. The van der Waals surface area contributed by atoms with Gasteiger partial charge in [-0.15, -0.1) is 0 Å². The molecule has 5 nitrogen and oxygen atoms in total. The van der Waals surface area contributed by atoms with E-state index < -0.39 is 5.91 Å². The highest BCUT2D eigenvalue weighted by molar-refractivity contribution is 5.74. The van der Waals surface area contributed by atoms with Crippen molar-refractivity contribution < 1.29 is 9.63 Å². The van der Waals surface area contributed by atoms with E-state index in [4.69, 9.17) is 10.6 Å². The molecule has 1 saturated heterocycles. The van der Waals surface area contributed by atoms with Gasteiger partial charge in [0.2, 0.25) is 5.91 Å². The lowest BCUT2D eigenvalue weighted by Gasteiger charge is -2.32. The number of primary amides is 1. The largest absolute Gasteiger partial charge is 0.368 e. The Morgan fingerprint density at radius 3 is 2.73 bits per heavy atom. The van der Waals surface area contributed by atoms with Gasteiger partial charge in [0, 0.05) is 6.04 Å². The standard InChI is InChI=1S/C10H21N3O2/c1-8(12-15-7-10(11)14)9-3-5-13(2)6-4-9/h8-9,12H,3-7H2,1-2H3,(H2,11,14). The molecule has 1 heterocycles. The van der Waals surface area contributed by atoms with E-state index in [1.165, 1.54) is 12.8 Å². The topological polar surface area (TPSA) is 67.6 Å². The minimum Gasteiger partial charge on any atom is -0.368 e. The van der Waals surface area contributed by atoms with E-state index in [9.17, 15) is 4.79 Å². The van der Waals surface area contributed by atoms with Crippen molar-refractivity contribution in [3.8, 4) is 0 Å². The molecule has 3 N–H and O–H groups in total. The van der Waals surface area contributed by atoms with Gasteiger partial charge in [0.25, 0.3) is 0 Å². The van der Waals surface area contributed by atoms with Crippen LogP contribution >= 0.6 is 0 Å². The molecule has 88 valence electrons. The highest BCUT2D eigenvalue weighted by Gasteiger charge is 2.22. The lowest BCUT2D eigenvalue weighted by molar-refractivity contribution is -0.126. The average molecular weight is 215 g/mol. The number of nitrogens with zero attached hydrogens (tertiary/aromatic N) is 1. The molecule has 5 heteroatoms. The summed E-state index contributed by atoms with van der Waals surface area (Å²) in [6.07, 6.45) is 2.34. The van der Waals surface area contributed by atoms with Gasteiger partial charge in [0.05, 0.1) is 0 Å². The number of rotatable bonds is 5. The number of nitrogens with one attached hydrogen (secondary N) is 1. The Labute approximate surface area is 90.9 Å². The smallest absolute Gasteiger partial charge is 0.245 e. The predicted molar refractivity (Wildman–Crippen MR) is 58.0 cm³/mol. The van der Waals surface area contributed by atoms with Crippen molar-refractivity contribution in [1.29, 1.82) is 0 Å². The predicted octanol–water partition coefficient (Wildman–Crippen LogP) is -0.277. The first kappa shape index (κ1) is 12.4. The van der Waals surface area contributed by atoms with Crippen LogP contribution in [-0.2, 0) is 9.63 Å². The van der Waals surface area contributed by atoms with E-state index in [1.54, 1.807) is 0 Å². The summed E-state index contributed by atoms with van der Waals surface area (Å²) in [6, 6.07) is 0.276. The molecule has 1 aliphatic rings. The van der Waals surface area contributed by atoms with E-state index in [2.05, 4.69) is 24.4 Å². The van der Waals surface area contributed by atoms with Crippen LogP contribution in [0, 0.1) is 5.92 Å². The monoisotopic (exact) mass is 215 g/mol. The molecule has 0 saturated carbocycles. The molecule has 0 bridgehead atoms. The Morgan fingerprint density at radius 2 is 2.20 bits per heavy atom. The Hall–Kier alpha value is -0.650. The van der Waals surface area contributed by atoms with Crippen molar-refractivity contribution in [1.82, 2.24) is 10.4 Å². The minimum absolute atomic E-state index is 0.0586. The van der Waals surface area contributed by atoms with Crippen LogP contribution in [0.2, 0.25) is 0 Å². The molecular weight excluding hydrogens is 194 g/mol. The zero-order chi connectivity index (χ0) is 11.3. The van der Waals surface area contributed by atoms with Gasteiger partial charge in [0.1, 0.15) is 6.61 Å². The first-order valence-corrected chi connectivity index (χ1v) is 5.43. The molecule has 0 aliphatic carbocycles. The molecule has 1 rings (SSSR count). The molecule has 0 aromatic rings. The van der Waals surface area contributed by atoms with Gasteiger partial charge in [0.15, 0.2) is 0 Å². The molecule has 0 aromatic heterocycles. The molecule has 1 atom stereocenters.